The summed E-state index contributed by atoms with van der Waals surface area (Å²) in [7, 11) is 0. The molecule has 0 aliphatic carbocycles. The van der Waals surface area contributed by atoms with Gasteiger partial charge in [0.1, 0.15) is 0 Å². The van der Waals surface area contributed by atoms with Crippen LogP contribution in [0.4, 0.5) is 0 Å². The van der Waals surface area contributed by atoms with Crippen molar-refractivity contribution < 1.29 is 19.8 Å². The molecule has 16 heavy (non-hydrogen) atoms. The summed E-state index contributed by atoms with van der Waals surface area (Å²) in [5.41, 5.74) is -0.203. The van der Waals surface area contributed by atoms with Crippen molar-refractivity contribution in [3.05, 3.63) is 11.1 Å². The summed E-state index contributed by atoms with van der Waals surface area (Å²) in [6.07, 6.45) is 3.39. The highest BCUT2D eigenvalue weighted by Crippen LogP contribution is 2.17. The lowest BCUT2D eigenvalue weighted by atomic mass is 9.98. The molecule has 0 unspecified atom stereocenters. The molecule has 0 rings (SSSR count). The zero-order chi connectivity index (χ0) is 12.6. The third kappa shape index (κ3) is 4.96. The van der Waals surface area contributed by atoms with Crippen LogP contribution in [0.1, 0.15) is 52.4 Å². The average molecular weight is 226 g/mol. The smallest absolute Gasteiger partial charge is 0.0678 e. The van der Waals surface area contributed by atoms with Crippen molar-refractivity contribution in [3.8, 4) is 0 Å². The number of unbranched alkanes of at least 4 members (excludes halogenated alkanes) is 2. The maximum absolute atomic E-state index is 10.9. The fourth-order valence-corrected chi connectivity index (χ4v) is 1.46. The highest BCUT2D eigenvalue weighted by molar-refractivity contribution is 5.97. The van der Waals surface area contributed by atoms with Crippen LogP contribution >= 0.6 is 0 Å². The molecule has 4 heteroatoms. The van der Waals surface area contributed by atoms with Gasteiger partial charge >= 0.3 is 0 Å². The summed E-state index contributed by atoms with van der Waals surface area (Å²) in [4.78, 5) is 21.7. The van der Waals surface area contributed by atoms with Crippen molar-refractivity contribution in [2.45, 2.75) is 52.4 Å². The summed E-state index contributed by atoms with van der Waals surface area (Å²) in [6.45, 7) is 3.83. The van der Waals surface area contributed by atoms with E-state index < -0.39 is 11.9 Å². The van der Waals surface area contributed by atoms with Gasteiger partial charge in [-0.1, -0.05) is 26.7 Å². The van der Waals surface area contributed by atoms with Crippen LogP contribution in [0.5, 0.6) is 0 Å². The van der Waals surface area contributed by atoms with E-state index in [1.807, 2.05) is 13.8 Å². The number of carbonyl (C=O) groups excluding carboxylic acids is 2. The number of hydrogen-bond acceptors (Lipinski definition) is 4. The monoisotopic (exact) mass is 226 g/mol. The third-order valence-electron chi connectivity index (χ3n) is 2.42. The predicted octanol–water partition coefficient (Wildman–Crippen LogP) is 0.163. The van der Waals surface area contributed by atoms with Gasteiger partial charge in [0.15, 0.2) is 0 Å². The molecule has 0 aromatic carbocycles. The quantitative estimate of drug-likeness (QED) is 0.552. The van der Waals surface area contributed by atoms with Gasteiger partial charge in [0, 0.05) is 0 Å². The Morgan fingerprint density at radius 1 is 0.812 bits per heavy atom. The lowest BCUT2D eigenvalue weighted by molar-refractivity contribution is -0.304. The van der Waals surface area contributed by atoms with E-state index in [1.165, 1.54) is 0 Å². The van der Waals surface area contributed by atoms with Crippen LogP contribution in [0.2, 0.25) is 0 Å². The van der Waals surface area contributed by atoms with Gasteiger partial charge in [0.2, 0.25) is 0 Å². The first-order valence-corrected chi connectivity index (χ1v) is 5.69. The van der Waals surface area contributed by atoms with E-state index in [2.05, 4.69) is 0 Å². The van der Waals surface area contributed by atoms with Gasteiger partial charge in [-0.2, -0.15) is 0 Å². The summed E-state index contributed by atoms with van der Waals surface area (Å²) in [5.74, 6) is -2.77. The Kier molecular flexibility index (Phi) is 7.25. The predicted molar refractivity (Wildman–Crippen MR) is 56.1 cm³/mol. The average Bonchev–Trinajstić information content (AvgIpc) is 2.21. The molecule has 0 N–H and O–H groups in total. The van der Waals surface area contributed by atoms with Gasteiger partial charge in [0.25, 0.3) is 0 Å². The minimum absolute atomic E-state index is 0.102. The SMILES string of the molecule is CCCC/C(C(=O)[O-])=C(/CCCC)C(=O)[O-]. The largest absolute Gasteiger partial charge is 0.545 e. The Labute approximate surface area is 96.0 Å². The maximum atomic E-state index is 10.9. The summed E-state index contributed by atoms with van der Waals surface area (Å²) in [5, 5.41) is 21.7. The van der Waals surface area contributed by atoms with E-state index in [0.717, 1.165) is 12.8 Å². The van der Waals surface area contributed by atoms with E-state index in [4.69, 9.17) is 0 Å². The van der Waals surface area contributed by atoms with Crippen LogP contribution in [0.15, 0.2) is 11.1 Å². The fourth-order valence-electron chi connectivity index (χ4n) is 1.46. The standard InChI is InChI=1S/C12H20O4/c1-3-5-7-9(11(13)14)10(12(15)16)8-6-4-2/h3-8H2,1-2H3,(H,13,14)(H,15,16)/p-2/b10-9+. The highest BCUT2D eigenvalue weighted by Gasteiger charge is 2.08. The number of rotatable bonds is 8. The Bertz CT molecular complexity index is 251. The third-order valence-corrected chi connectivity index (χ3v) is 2.42. The molecule has 92 valence electrons. The molecular weight excluding hydrogens is 208 g/mol. The molecule has 0 saturated heterocycles. The van der Waals surface area contributed by atoms with Crippen molar-refractivity contribution in [3.63, 3.8) is 0 Å². The number of hydrogen-bond donors (Lipinski definition) is 0. The lowest BCUT2D eigenvalue weighted by Crippen LogP contribution is -2.32. The van der Waals surface area contributed by atoms with Gasteiger partial charge in [-0.15, -0.1) is 0 Å². The molecule has 0 spiro atoms. The van der Waals surface area contributed by atoms with Crippen molar-refractivity contribution in [1.82, 2.24) is 0 Å². The van der Waals surface area contributed by atoms with Crippen molar-refractivity contribution in [1.29, 1.82) is 0 Å². The first-order chi connectivity index (χ1) is 7.54. The summed E-state index contributed by atoms with van der Waals surface area (Å²) in [6, 6.07) is 0. The molecule has 0 fully saturated rings. The summed E-state index contributed by atoms with van der Waals surface area (Å²) >= 11 is 0. The highest BCUT2D eigenvalue weighted by atomic mass is 16.4. The van der Waals surface area contributed by atoms with Crippen LogP contribution < -0.4 is 10.2 Å². The van der Waals surface area contributed by atoms with Crippen LogP contribution in [-0.2, 0) is 9.59 Å². The minimum Gasteiger partial charge on any atom is -0.545 e. The first kappa shape index (κ1) is 14.7. The molecule has 0 aliphatic heterocycles. The second-order valence-corrected chi connectivity index (χ2v) is 3.74. The molecule has 0 aliphatic rings. The lowest BCUT2D eigenvalue weighted by Gasteiger charge is -2.17. The molecular formula is C12H18O4-2. The van der Waals surface area contributed by atoms with E-state index in [9.17, 15) is 19.8 Å². The summed E-state index contributed by atoms with van der Waals surface area (Å²) < 4.78 is 0. The molecule has 4 nitrogen and oxygen atoms in total. The fraction of sp³-hybridized carbons (Fsp3) is 0.667. The topological polar surface area (TPSA) is 80.3 Å². The van der Waals surface area contributed by atoms with Gasteiger partial charge in [-0.25, -0.2) is 0 Å². The molecule has 0 saturated carbocycles. The molecule has 0 amide bonds. The van der Waals surface area contributed by atoms with Gasteiger partial charge in [-0.05, 0) is 36.8 Å². The molecule has 0 bridgehead atoms. The second-order valence-electron chi connectivity index (χ2n) is 3.74. The van der Waals surface area contributed by atoms with E-state index in [0.29, 0.717) is 12.8 Å². The van der Waals surface area contributed by atoms with E-state index in [-0.39, 0.29) is 24.0 Å². The van der Waals surface area contributed by atoms with Crippen molar-refractivity contribution in [2.75, 3.05) is 0 Å². The second kappa shape index (κ2) is 7.91. The van der Waals surface area contributed by atoms with Crippen molar-refractivity contribution >= 4 is 11.9 Å². The molecule has 0 aromatic heterocycles. The van der Waals surface area contributed by atoms with Gasteiger partial charge in [-0.3, -0.25) is 0 Å². The zero-order valence-electron chi connectivity index (χ0n) is 9.88. The Morgan fingerprint density at radius 2 is 1.12 bits per heavy atom. The number of carbonyl (C=O) groups is 2. The molecule has 0 heterocycles. The number of carboxylic acids is 2. The number of carboxylic acid groups (broad SMARTS) is 2. The number of aliphatic carboxylic acids is 2. The minimum atomic E-state index is -1.39. The molecule has 0 aromatic rings. The Hall–Kier alpha value is -1.32. The van der Waals surface area contributed by atoms with Crippen LogP contribution in [0.3, 0.4) is 0 Å². The normalized spacial score (nSPS) is 12.1. The van der Waals surface area contributed by atoms with Crippen LogP contribution in [0, 0.1) is 0 Å². The first-order valence-electron chi connectivity index (χ1n) is 5.69. The van der Waals surface area contributed by atoms with Crippen LogP contribution in [0.25, 0.3) is 0 Å². The van der Waals surface area contributed by atoms with E-state index >= 15 is 0 Å². The van der Waals surface area contributed by atoms with E-state index in [1.54, 1.807) is 0 Å². The Balaban J connectivity index is 4.94. The zero-order valence-corrected chi connectivity index (χ0v) is 9.88. The van der Waals surface area contributed by atoms with Crippen molar-refractivity contribution in [2.24, 2.45) is 0 Å². The van der Waals surface area contributed by atoms with Gasteiger partial charge in [0.05, 0.1) is 11.9 Å². The maximum Gasteiger partial charge on any atom is 0.0678 e. The Morgan fingerprint density at radius 3 is 1.31 bits per heavy atom. The molecule has 0 atom stereocenters. The molecule has 0 radical (unpaired) electrons. The van der Waals surface area contributed by atoms with Gasteiger partial charge < -0.3 is 19.8 Å². The van der Waals surface area contributed by atoms with Crippen LogP contribution in [-0.4, -0.2) is 11.9 Å².